The Bertz CT molecular complexity index is 818. The Morgan fingerprint density at radius 2 is 1.63 bits per heavy atom. The van der Waals surface area contributed by atoms with E-state index in [1.807, 2.05) is 30.3 Å². The first-order valence-corrected chi connectivity index (χ1v) is 9.09. The van der Waals surface area contributed by atoms with Gasteiger partial charge >= 0.3 is 6.18 Å². The van der Waals surface area contributed by atoms with Crippen molar-refractivity contribution in [2.75, 3.05) is 13.1 Å². The SMILES string of the molecule is O=C(c1ccccc1C(F)(F)F)N1C[C@@H](c2ccccc2)O[C@@H](C2CC2)C1. The van der Waals surface area contributed by atoms with Crippen molar-refractivity contribution in [1.82, 2.24) is 4.90 Å². The number of hydrogen-bond acceptors (Lipinski definition) is 2. The topological polar surface area (TPSA) is 29.5 Å². The van der Waals surface area contributed by atoms with Crippen LogP contribution in [0.15, 0.2) is 54.6 Å². The summed E-state index contributed by atoms with van der Waals surface area (Å²) in [4.78, 5) is 14.5. The lowest BCUT2D eigenvalue weighted by molar-refractivity contribution is -0.138. The zero-order valence-electron chi connectivity index (χ0n) is 14.7. The number of hydrogen-bond donors (Lipinski definition) is 0. The molecule has 2 aliphatic rings. The van der Waals surface area contributed by atoms with Crippen molar-refractivity contribution in [3.63, 3.8) is 0 Å². The van der Waals surface area contributed by atoms with E-state index in [0.717, 1.165) is 24.5 Å². The minimum absolute atomic E-state index is 0.133. The number of alkyl halides is 3. The van der Waals surface area contributed by atoms with E-state index in [1.54, 1.807) is 0 Å². The predicted octanol–water partition coefficient (Wildman–Crippen LogP) is 4.70. The van der Waals surface area contributed by atoms with Gasteiger partial charge in [0.25, 0.3) is 5.91 Å². The summed E-state index contributed by atoms with van der Waals surface area (Å²) >= 11 is 0. The Hall–Kier alpha value is -2.34. The first-order valence-electron chi connectivity index (χ1n) is 9.09. The van der Waals surface area contributed by atoms with Gasteiger partial charge in [-0.15, -0.1) is 0 Å². The fraction of sp³-hybridized carbons (Fsp3) is 0.381. The number of nitrogens with zero attached hydrogens (tertiary/aromatic N) is 1. The van der Waals surface area contributed by atoms with Crippen molar-refractivity contribution in [3.05, 3.63) is 71.3 Å². The van der Waals surface area contributed by atoms with Crippen LogP contribution in [0.5, 0.6) is 0 Å². The summed E-state index contributed by atoms with van der Waals surface area (Å²) in [5.74, 6) is -0.206. The largest absolute Gasteiger partial charge is 0.417 e. The number of amides is 1. The van der Waals surface area contributed by atoms with E-state index < -0.39 is 17.6 Å². The molecular formula is C21H20F3NO2. The molecule has 0 bridgehead atoms. The fourth-order valence-electron chi connectivity index (χ4n) is 3.62. The van der Waals surface area contributed by atoms with Gasteiger partial charge in [0.1, 0.15) is 6.10 Å². The highest BCUT2D eigenvalue weighted by atomic mass is 19.4. The Morgan fingerprint density at radius 3 is 2.30 bits per heavy atom. The van der Waals surface area contributed by atoms with Crippen molar-refractivity contribution in [2.24, 2.45) is 5.92 Å². The molecule has 1 aliphatic heterocycles. The molecule has 2 aromatic rings. The van der Waals surface area contributed by atoms with Crippen LogP contribution >= 0.6 is 0 Å². The second-order valence-corrected chi connectivity index (χ2v) is 7.16. The van der Waals surface area contributed by atoms with Gasteiger partial charge in [-0.1, -0.05) is 42.5 Å². The molecule has 1 aliphatic carbocycles. The zero-order chi connectivity index (χ0) is 19.0. The van der Waals surface area contributed by atoms with Gasteiger partial charge in [0.05, 0.1) is 23.8 Å². The molecule has 1 amide bonds. The molecule has 0 radical (unpaired) electrons. The quantitative estimate of drug-likeness (QED) is 0.778. The summed E-state index contributed by atoms with van der Waals surface area (Å²) in [7, 11) is 0. The highest BCUT2D eigenvalue weighted by molar-refractivity contribution is 5.96. The van der Waals surface area contributed by atoms with E-state index in [4.69, 9.17) is 4.74 Å². The van der Waals surface area contributed by atoms with Gasteiger partial charge in [-0.3, -0.25) is 4.79 Å². The van der Waals surface area contributed by atoms with E-state index in [0.29, 0.717) is 12.5 Å². The maximum Gasteiger partial charge on any atom is 0.417 e. The first kappa shape index (κ1) is 18.0. The van der Waals surface area contributed by atoms with Crippen molar-refractivity contribution in [2.45, 2.75) is 31.2 Å². The summed E-state index contributed by atoms with van der Waals surface area (Å²) < 4.78 is 46.2. The van der Waals surface area contributed by atoms with Gasteiger partial charge in [0.15, 0.2) is 0 Å². The van der Waals surface area contributed by atoms with Gasteiger partial charge < -0.3 is 9.64 Å². The molecule has 2 fully saturated rings. The second kappa shape index (κ2) is 7.00. The van der Waals surface area contributed by atoms with Gasteiger partial charge in [-0.2, -0.15) is 13.2 Å². The number of benzene rings is 2. The molecule has 1 saturated carbocycles. The van der Waals surface area contributed by atoms with E-state index in [2.05, 4.69) is 0 Å². The molecule has 0 N–H and O–H groups in total. The number of ether oxygens (including phenoxy) is 1. The molecule has 0 aromatic heterocycles. The lowest BCUT2D eigenvalue weighted by Gasteiger charge is -2.39. The van der Waals surface area contributed by atoms with E-state index in [9.17, 15) is 18.0 Å². The third-order valence-electron chi connectivity index (χ3n) is 5.19. The van der Waals surface area contributed by atoms with Crippen LogP contribution in [0.3, 0.4) is 0 Å². The molecule has 1 heterocycles. The molecule has 2 atom stereocenters. The molecule has 4 rings (SSSR count). The number of carbonyl (C=O) groups is 1. The minimum atomic E-state index is -4.56. The predicted molar refractivity (Wildman–Crippen MR) is 94.1 cm³/mol. The Labute approximate surface area is 155 Å². The highest BCUT2D eigenvalue weighted by Gasteiger charge is 2.42. The number of halogens is 3. The van der Waals surface area contributed by atoms with Crippen LogP contribution in [0, 0.1) is 5.92 Å². The molecule has 1 saturated heterocycles. The normalized spacial score (nSPS) is 23.3. The van der Waals surface area contributed by atoms with Crippen LogP contribution in [-0.2, 0) is 10.9 Å². The molecule has 27 heavy (non-hydrogen) atoms. The first-order chi connectivity index (χ1) is 12.9. The number of carbonyl (C=O) groups excluding carboxylic acids is 1. The van der Waals surface area contributed by atoms with Crippen LogP contribution < -0.4 is 0 Å². The Balaban J connectivity index is 1.63. The van der Waals surface area contributed by atoms with Crippen LogP contribution in [0.4, 0.5) is 13.2 Å². The average Bonchev–Trinajstić information content (AvgIpc) is 3.52. The van der Waals surface area contributed by atoms with Gasteiger partial charge in [0.2, 0.25) is 0 Å². The average molecular weight is 375 g/mol. The smallest absolute Gasteiger partial charge is 0.366 e. The van der Waals surface area contributed by atoms with Crippen LogP contribution in [0.25, 0.3) is 0 Å². The second-order valence-electron chi connectivity index (χ2n) is 7.16. The fourth-order valence-corrected chi connectivity index (χ4v) is 3.62. The van der Waals surface area contributed by atoms with Crippen molar-refractivity contribution >= 4 is 5.91 Å². The molecule has 6 heteroatoms. The van der Waals surface area contributed by atoms with E-state index in [-0.39, 0.29) is 24.3 Å². The maximum atomic E-state index is 13.3. The molecular weight excluding hydrogens is 355 g/mol. The van der Waals surface area contributed by atoms with Crippen LogP contribution in [0.2, 0.25) is 0 Å². The molecule has 3 nitrogen and oxygen atoms in total. The molecule has 0 unspecified atom stereocenters. The van der Waals surface area contributed by atoms with Gasteiger partial charge in [-0.05, 0) is 36.5 Å². The van der Waals surface area contributed by atoms with Crippen molar-refractivity contribution < 1.29 is 22.7 Å². The minimum Gasteiger partial charge on any atom is -0.366 e. The zero-order valence-corrected chi connectivity index (χ0v) is 14.7. The Kier molecular flexibility index (Phi) is 4.68. The van der Waals surface area contributed by atoms with Gasteiger partial charge in [-0.25, -0.2) is 0 Å². The number of rotatable bonds is 3. The Morgan fingerprint density at radius 1 is 0.963 bits per heavy atom. The monoisotopic (exact) mass is 375 g/mol. The van der Waals surface area contributed by atoms with Crippen molar-refractivity contribution in [3.8, 4) is 0 Å². The van der Waals surface area contributed by atoms with Crippen LogP contribution in [0.1, 0.15) is 40.4 Å². The maximum absolute atomic E-state index is 13.3. The summed E-state index contributed by atoms with van der Waals surface area (Å²) in [6.45, 7) is 0.581. The highest BCUT2D eigenvalue weighted by Crippen LogP contribution is 2.40. The van der Waals surface area contributed by atoms with E-state index in [1.165, 1.54) is 23.1 Å². The summed E-state index contributed by atoms with van der Waals surface area (Å²) in [6, 6.07) is 14.5. The van der Waals surface area contributed by atoms with E-state index >= 15 is 0 Å². The number of morpholine rings is 1. The molecule has 142 valence electrons. The third-order valence-corrected chi connectivity index (χ3v) is 5.19. The van der Waals surface area contributed by atoms with Crippen LogP contribution in [-0.4, -0.2) is 30.0 Å². The molecule has 2 aromatic carbocycles. The summed E-state index contributed by atoms with van der Waals surface area (Å²) in [6.07, 6.45) is -2.95. The lowest BCUT2D eigenvalue weighted by Crippen LogP contribution is -2.48. The molecule has 0 spiro atoms. The summed E-state index contributed by atoms with van der Waals surface area (Å²) in [5.41, 5.74) is -0.251. The van der Waals surface area contributed by atoms with Crippen molar-refractivity contribution in [1.29, 1.82) is 0 Å². The van der Waals surface area contributed by atoms with Gasteiger partial charge in [0, 0.05) is 6.54 Å². The third kappa shape index (κ3) is 3.86. The summed E-state index contributed by atoms with van der Waals surface area (Å²) in [5, 5.41) is 0. The lowest BCUT2D eigenvalue weighted by atomic mass is 10.0. The standard InChI is InChI=1S/C21H20F3NO2/c22-21(23,24)17-9-5-4-8-16(17)20(26)25-12-18(14-6-2-1-3-7-14)27-19(13-25)15-10-11-15/h1-9,15,18-19H,10-13H2/t18-,19+/m0/s1.